The molecule has 2 nitrogen and oxygen atoms in total. The molecule has 0 bridgehead atoms. The van der Waals surface area contributed by atoms with Crippen LogP contribution in [0.3, 0.4) is 0 Å². The SMILES string of the molecule is Cc1cc(N2CCCC(C)C2C)ccc1CNCC(C)C. The summed E-state index contributed by atoms with van der Waals surface area (Å²) in [5.41, 5.74) is 4.24. The minimum atomic E-state index is 0.656. The lowest BCUT2D eigenvalue weighted by atomic mass is 9.91. The van der Waals surface area contributed by atoms with E-state index >= 15 is 0 Å². The van der Waals surface area contributed by atoms with Crippen LogP contribution in [0.15, 0.2) is 18.2 Å². The number of hydrogen-bond acceptors (Lipinski definition) is 2. The molecular formula is C19H32N2. The Bertz CT molecular complexity index is 453. The van der Waals surface area contributed by atoms with E-state index in [2.05, 4.69) is 63.0 Å². The van der Waals surface area contributed by atoms with Gasteiger partial charge in [-0.3, -0.25) is 0 Å². The molecule has 1 heterocycles. The zero-order valence-electron chi connectivity index (χ0n) is 14.4. The first-order valence-corrected chi connectivity index (χ1v) is 8.56. The lowest BCUT2D eigenvalue weighted by molar-refractivity contribution is 0.363. The predicted octanol–water partition coefficient (Wildman–Crippen LogP) is 4.37. The van der Waals surface area contributed by atoms with Gasteiger partial charge in [-0.2, -0.15) is 0 Å². The highest BCUT2D eigenvalue weighted by molar-refractivity contribution is 5.52. The van der Waals surface area contributed by atoms with E-state index in [9.17, 15) is 0 Å². The van der Waals surface area contributed by atoms with Crippen molar-refractivity contribution >= 4 is 5.69 Å². The van der Waals surface area contributed by atoms with Gasteiger partial charge in [-0.1, -0.05) is 26.8 Å². The van der Waals surface area contributed by atoms with E-state index in [4.69, 9.17) is 0 Å². The largest absolute Gasteiger partial charge is 0.369 e. The summed E-state index contributed by atoms with van der Waals surface area (Å²) in [4.78, 5) is 2.59. The number of nitrogens with one attached hydrogen (secondary N) is 1. The molecule has 0 radical (unpaired) electrons. The third-order valence-electron chi connectivity index (χ3n) is 4.90. The van der Waals surface area contributed by atoms with Crippen LogP contribution in [0.1, 0.15) is 51.7 Å². The smallest absolute Gasteiger partial charge is 0.0371 e. The Hall–Kier alpha value is -1.02. The minimum Gasteiger partial charge on any atom is -0.369 e. The summed E-state index contributed by atoms with van der Waals surface area (Å²) in [5.74, 6) is 1.51. The second kappa shape index (κ2) is 7.31. The fourth-order valence-electron chi connectivity index (χ4n) is 3.25. The van der Waals surface area contributed by atoms with Crippen LogP contribution in [-0.2, 0) is 6.54 Å². The molecule has 0 spiro atoms. The van der Waals surface area contributed by atoms with Crippen LogP contribution in [0.4, 0.5) is 5.69 Å². The van der Waals surface area contributed by atoms with Gasteiger partial charge >= 0.3 is 0 Å². The first kappa shape index (κ1) is 16.4. The van der Waals surface area contributed by atoms with Crippen molar-refractivity contribution in [3.8, 4) is 0 Å². The maximum Gasteiger partial charge on any atom is 0.0371 e. The van der Waals surface area contributed by atoms with E-state index in [1.807, 2.05) is 0 Å². The van der Waals surface area contributed by atoms with Gasteiger partial charge in [-0.15, -0.1) is 0 Å². The molecule has 2 rings (SSSR count). The topological polar surface area (TPSA) is 15.3 Å². The third-order valence-corrected chi connectivity index (χ3v) is 4.90. The Morgan fingerprint density at radius 1 is 1.29 bits per heavy atom. The fourth-order valence-corrected chi connectivity index (χ4v) is 3.25. The molecule has 1 aliphatic heterocycles. The molecular weight excluding hydrogens is 256 g/mol. The zero-order valence-corrected chi connectivity index (χ0v) is 14.4. The lowest BCUT2D eigenvalue weighted by Gasteiger charge is -2.40. The van der Waals surface area contributed by atoms with Gasteiger partial charge in [0.05, 0.1) is 0 Å². The van der Waals surface area contributed by atoms with Crippen LogP contribution in [0.5, 0.6) is 0 Å². The molecule has 1 N–H and O–H groups in total. The molecule has 21 heavy (non-hydrogen) atoms. The molecule has 0 saturated carbocycles. The zero-order chi connectivity index (χ0) is 15.4. The molecule has 0 aromatic heterocycles. The normalized spacial score (nSPS) is 22.9. The Morgan fingerprint density at radius 2 is 2.05 bits per heavy atom. The van der Waals surface area contributed by atoms with Crippen molar-refractivity contribution in [3.63, 3.8) is 0 Å². The highest BCUT2D eigenvalue weighted by Gasteiger charge is 2.24. The summed E-state index contributed by atoms with van der Waals surface area (Å²) in [5, 5.41) is 3.54. The van der Waals surface area contributed by atoms with Crippen LogP contribution in [0, 0.1) is 18.8 Å². The summed E-state index contributed by atoms with van der Waals surface area (Å²) < 4.78 is 0. The van der Waals surface area contributed by atoms with Crippen LogP contribution < -0.4 is 10.2 Å². The molecule has 1 fully saturated rings. The number of piperidine rings is 1. The van der Waals surface area contributed by atoms with Crippen LogP contribution in [-0.4, -0.2) is 19.1 Å². The number of hydrogen-bond donors (Lipinski definition) is 1. The maximum absolute atomic E-state index is 3.54. The van der Waals surface area contributed by atoms with Crippen molar-refractivity contribution in [2.24, 2.45) is 11.8 Å². The molecule has 2 atom stereocenters. The van der Waals surface area contributed by atoms with Gasteiger partial charge in [-0.05, 0) is 68.3 Å². The first-order chi connectivity index (χ1) is 9.99. The molecule has 2 heteroatoms. The van der Waals surface area contributed by atoms with Gasteiger partial charge in [0.2, 0.25) is 0 Å². The summed E-state index contributed by atoms with van der Waals surface area (Å²) in [6.45, 7) is 14.8. The lowest BCUT2D eigenvalue weighted by Crippen LogP contribution is -2.42. The molecule has 1 saturated heterocycles. The van der Waals surface area contributed by atoms with Gasteiger partial charge in [0.15, 0.2) is 0 Å². The Morgan fingerprint density at radius 3 is 2.71 bits per heavy atom. The quantitative estimate of drug-likeness (QED) is 0.865. The van der Waals surface area contributed by atoms with E-state index in [0.29, 0.717) is 12.0 Å². The van der Waals surface area contributed by atoms with Crippen molar-refractivity contribution in [2.75, 3.05) is 18.0 Å². The number of benzene rings is 1. The number of rotatable bonds is 5. The van der Waals surface area contributed by atoms with E-state index in [1.54, 1.807) is 0 Å². The summed E-state index contributed by atoms with van der Waals surface area (Å²) in [7, 11) is 0. The van der Waals surface area contributed by atoms with Crippen molar-refractivity contribution in [1.29, 1.82) is 0 Å². The molecule has 0 aliphatic carbocycles. The molecule has 1 aromatic rings. The Kier molecular flexibility index (Phi) is 5.69. The van der Waals surface area contributed by atoms with Gasteiger partial charge in [0.1, 0.15) is 0 Å². The van der Waals surface area contributed by atoms with Crippen LogP contribution in [0.2, 0.25) is 0 Å². The van der Waals surface area contributed by atoms with Crippen LogP contribution >= 0.6 is 0 Å². The van der Waals surface area contributed by atoms with Crippen molar-refractivity contribution < 1.29 is 0 Å². The third kappa shape index (κ3) is 4.23. The van der Waals surface area contributed by atoms with Gasteiger partial charge < -0.3 is 10.2 Å². The number of nitrogens with zero attached hydrogens (tertiary/aromatic N) is 1. The number of anilines is 1. The molecule has 1 aromatic carbocycles. The van der Waals surface area contributed by atoms with Crippen molar-refractivity contribution in [3.05, 3.63) is 29.3 Å². The van der Waals surface area contributed by atoms with Crippen molar-refractivity contribution in [1.82, 2.24) is 5.32 Å². The van der Waals surface area contributed by atoms with Crippen LogP contribution in [0.25, 0.3) is 0 Å². The average molecular weight is 288 g/mol. The first-order valence-electron chi connectivity index (χ1n) is 8.56. The molecule has 1 aliphatic rings. The van der Waals surface area contributed by atoms with E-state index in [-0.39, 0.29) is 0 Å². The highest BCUT2D eigenvalue weighted by Crippen LogP contribution is 2.29. The monoisotopic (exact) mass is 288 g/mol. The predicted molar refractivity (Wildman–Crippen MR) is 92.9 cm³/mol. The fraction of sp³-hybridized carbons (Fsp3) is 0.684. The summed E-state index contributed by atoms with van der Waals surface area (Å²) in [6.07, 6.45) is 2.69. The summed E-state index contributed by atoms with van der Waals surface area (Å²) >= 11 is 0. The van der Waals surface area contributed by atoms with Gasteiger partial charge in [0, 0.05) is 24.8 Å². The summed E-state index contributed by atoms with van der Waals surface area (Å²) in [6, 6.07) is 7.65. The average Bonchev–Trinajstić information content (AvgIpc) is 2.43. The standard InChI is InChI=1S/C19H32N2/c1-14(2)12-20-13-18-8-9-19(11-16(18)4)21-10-6-7-15(3)17(21)5/h8-9,11,14-15,17,20H,6-7,10,12-13H2,1-5H3. The highest BCUT2D eigenvalue weighted by atomic mass is 15.2. The second-order valence-corrected chi connectivity index (χ2v) is 7.19. The molecule has 118 valence electrons. The van der Waals surface area contributed by atoms with Gasteiger partial charge in [-0.25, -0.2) is 0 Å². The Labute approximate surface area is 130 Å². The van der Waals surface area contributed by atoms with E-state index < -0.39 is 0 Å². The second-order valence-electron chi connectivity index (χ2n) is 7.19. The minimum absolute atomic E-state index is 0.656. The molecule has 0 amide bonds. The number of aryl methyl sites for hydroxylation is 1. The molecule has 2 unspecified atom stereocenters. The maximum atomic E-state index is 3.54. The Balaban J connectivity index is 2.04. The van der Waals surface area contributed by atoms with E-state index in [1.165, 1.54) is 36.2 Å². The van der Waals surface area contributed by atoms with Gasteiger partial charge in [0.25, 0.3) is 0 Å². The van der Waals surface area contributed by atoms with E-state index in [0.717, 1.165) is 19.0 Å². The van der Waals surface area contributed by atoms with Crippen molar-refractivity contribution in [2.45, 2.75) is 60.0 Å².